The van der Waals surface area contributed by atoms with E-state index in [1.165, 1.54) is 5.57 Å². The van der Waals surface area contributed by atoms with Gasteiger partial charge in [0.2, 0.25) is 0 Å². The Kier molecular flexibility index (Phi) is 4.27. The van der Waals surface area contributed by atoms with E-state index in [0.717, 1.165) is 22.7 Å². The summed E-state index contributed by atoms with van der Waals surface area (Å²) in [6, 6.07) is 8.04. The van der Waals surface area contributed by atoms with Crippen LogP contribution in [0.5, 0.6) is 0 Å². The molecule has 5 atom stereocenters. The Morgan fingerprint density at radius 3 is 2.55 bits per heavy atom. The first-order valence-electron chi connectivity index (χ1n) is 9.91. The second-order valence-corrected chi connectivity index (χ2v) is 8.09. The first-order chi connectivity index (χ1) is 13.9. The van der Waals surface area contributed by atoms with E-state index in [1.807, 2.05) is 36.2 Å². The number of hydrazone groups is 1. The van der Waals surface area contributed by atoms with E-state index >= 15 is 0 Å². The molecule has 5 unspecified atom stereocenters. The molecule has 1 aromatic rings. The number of aliphatic hydroxyl groups is 2. The Labute approximate surface area is 169 Å². The lowest BCUT2D eigenvalue weighted by Crippen LogP contribution is -2.42. The molecule has 1 fully saturated rings. The van der Waals surface area contributed by atoms with Gasteiger partial charge in [-0.2, -0.15) is 5.10 Å². The van der Waals surface area contributed by atoms with Crippen LogP contribution in [0, 0.1) is 12.8 Å². The Bertz CT molecular complexity index is 1010. The number of aliphatic imine (C=N–C) groups is 2. The molecule has 1 aliphatic carbocycles. The van der Waals surface area contributed by atoms with Crippen molar-refractivity contribution in [2.75, 3.05) is 11.6 Å². The van der Waals surface area contributed by atoms with Gasteiger partial charge in [0.1, 0.15) is 29.7 Å². The lowest BCUT2D eigenvalue weighted by molar-refractivity contribution is 0.0476. The Hall–Kier alpha value is -2.61. The lowest BCUT2D eigenvalue weighted by atomic mass is 9.92. The monoisotopic (exact) mass is 392 g/mol. The van der Waals surface area contributed by atoms with Crippen LogP contribution in [0.1, 0.15) is 19.4 Å². The molecule has 0 radical (unpaired) electrons. The number of rotatable bonds is 2. The van der Waals surface area contributed by atoms with Gasteiger partial charge in [-0.1, -0.05) is 30.2 Å². The van der Waals surface area contributed by atoms with E-state index in [9.17, 15) is 10.2 Å². The van der Waals surface area contributed by atoms with Crippen molar-refractivity contribution in [2.45, 2.75) is 45.2 Å². The molecule has 4 aliphatic rings. The topological polar surface area (TPSA) is 90.0 Å². The van der Waals surface area contributed by atoms with Crippen molar-refractivity contribution < 1.29 is 14.9 Å². The number of anilines is 1. The van der Waals surface area contributed by atoms with Gasteiger partial charge in [-0.05, 0) is 44.1 Å². The number of benzene rings is 1. The van der Waals surface area contributed by atoms with Crippen LogP contribution in [0.25, 0.3) is 0 Å². The standard InChI is InChI=1S/C22H24N4O3/c1-11-4-6-14(7-5-11)26-22-19(18(25-26)21-20(28)17(27)10-29-21)23-15-8-12(2)13(3)9-16(15)24-22/h4-9,12,17,20-22,27-28H,10H2,1-3H3. The summed E-state index contributed by atoms with van der Waals surface area (Å²) in [5, 5.41) is 27.0. The summed E-state index contributed by atoms with van der Waals surface area (Å²) in [6.45, 7) is 6.33. The molecule has 3 heterocycles. The van der Waals surface area contributed by atoms with Crippen LogP contribution in [-0.2, 0) is 4.74 Å². The molecule has 3 aliphatic heterocycles. The predicted molar refractivity (Wildman–Crippen MR) is 113 cm³/mol. The van der Waals surface area contributed by atoms with Crippen LogP contribution in [0.4, 0.5) is 5.69 Å². The maximum Gasteiger partial charge on any atom is 0.187 e. The van der Waals surface area contributed by atoms with Gasteiger partial charge in [-0.3, -0.25) is 0 Å². The van der Waals surface area contributed by atoms with Crippen molar-refractivity contribution in [1.82, 2.24) is 0 Å². The Morgan fingerprint density at radius 1 is 1.10 bits per heavy atom. The minimum Gasteiger partial charge on any atom is -0.388 e. The SMILES string of the molecule is CC1=CC2=NC3C(=NC2=CC1C)C(C1OCC(O)C1O)=NN3c1ccc(C)cc1. The number of nitrogens with zero attached hydrogens (tertiary/aromatic N) is 4. The average molecular weight is 392 g/mol. The quantitative estimate of drug-likeness (QED) is 0.806. The number of hydrogen-bond acceptors (Lipinski definition) is 7. The van der Waals surface area contributed by atoms with Crippen molar-refractivity contribution in [3.8, 4) is 0 Å². The number of aryl methyl sites for hydroxylation is 1. The molecule has 0 amide bonds. The highest BCUT2D eigenvalue weighted by Gasteiger charge is 2.47. The van der Waals surface area contributed by atoms with E-state index in [4.69, 9.17) is 19.8 Å². The van der Waals surface area contributed by atoms with Gasteiger partial charge >= 0.3 is 0 Å². The normalized spacial score (nSPS) is 33.3. The maximum absolute atomic E-state index is 10.4. The zero-order valence-corrected chi connectivity index (χ0v) is 16.6. The minimum atomic E-state index is -1.04. The predicted octanol–water partition coefficient (Wildman–Crippen LogP) is 1.99. The van der Waals surface area contributed by atoms with Gasteiger partial charge in [-0.15, -0.1) is 0 Å². The molecule has 0 aromatic heterocycles. The largest absolute Gasteiger partial charge is 0.388 e. The zero-order chi connectivity index (χ0) is 20.3. The van der Waals surface area contributed by atoms with E-state index in [2.05, 4.69) is 26.0 Å². The average Bonchev–Trinajstić information content (AvgIpc) is 3.22. The lowest BCUT2D eigenvalue weighted by Gasteiger charge is -2.27. The van der Waals surface area contributed by atoms with Crippen LogP contribution in [0.3, 0.4) is 0 Å². The summed E-state index contributed by atoms with van der Waals surface area (Å²) in [5.41, 5.74) is 6.14. The smallest absolute Gasteiger partial charge is 0.187 e. The molecular formula is C22H24N4O3. The summed E-state index contributed by atoms with van der Waals surface area (Å²) in [4.78, 5) is 9.84. The Morgan fingerprint density at radius 2 is 1.86 bits per heavy atom. The molecule has 2 N–H and O–H groups in total. The van der Waals surface area contributed by atoms with Gasteiger partial charge in [0.25, 0.3) is 0 Å². The van der Waals surface area contributed by atoms with Crippen molar-refractivity contribution in [3.63, 3.8) is 0 Å². The second kappa shape index (κ2) is 6.73. The van der Waals surface area contributed by atoms with E-state index in [-0.39, 0.29) is 12.5 Å². The van der Waals surface area contributed by atoms with Crippen molar-refractivity contribution in [2.24, 2.45) is 21.0 Å². The summed E-state index contributed by atoms with van der Waals surface area (Å²) in [6.07, 6.45) is 1.06. The van der Waals surface area contributed by atoms with Gasteiger partial charge in [-0.25, -0.2) is 15.0 Å². The first kappa shape index (κ1) is 18.4. The van der Waals surface area contributed by atoms with Gasteiger partial charge in [0, 0.05) is 0 Å². The van der Waals surface area contributed by atoms with Crippen molar-refractivity contribution in [1.29, 1.82) is 0 Å². The highest BCUT2D eigenvalue weighted by atomic mass is 16.5. The minimum absolute atomic E-state index is 0.0729. The van der Waals surface area contributed by atoms with Gasteiger partial charge in [0.05, 0.1) is 23.7 Å². The van der Waals surface area contributed by atoms with Gasteiger partial charge in [0.15, 0.2) is 6.17 Å². The summed E-state index contributed by atoms with van der Waals surface area (Å²) >= 11 is 0. The van der Waals surface area contributed by atoms with E-state index in [0.29, 0.717) is 11.4 Å². The number of hydrogen-bond donors (Lipinski definition) is 2. The van der Waals surface area contributed by atoms with Crippen LogP contribution in [0.15, 0.2) is 62.8 Å². The van der Waals surface area contributed by atoms with Crippen LogP contribution < -0.4 is 5.01 Å². The third kappa shape index (κ3) is 2.97. The highest BCUT2D eigenvalue weighted by Crippen LogP contribution is 2.33. The number of fused-ring (bicyclic) bond motifs is 2. The molecule has 0 saturated carbocycles. The van der Waals surface area contributed by atoms with Crippen molar-refractivity contribution >= 4 is 22.8 Å². The van der Waals surface area contributed by atoms with E-state index in [1.54, 1.807) is 0 Å². The molecule has 0 spiro atoms. The molecule has 7 heteroatoms. The van der Waals surface area contributed by atoms with Crippen LogP contribution >= 0.6 is 0 Å². The highest BCUT2D eigenvalue weighted by molar-refractivity contribution is 6.49. The molecule has 0 bridgehead atoms. The fourth-order valence-corrected chi connectivity index (χ4v) is 3.98. The fraction of sp³-hybridized carbons (Fsp3) is 0.409. The molecular weight excluding hydrogens is 368 g/mol. The first-order valence-corrected chi connectivity index (χ1v) is 9.91. The van der Waals surface area contributed by atoms with Crippen LogP contribution in [-0.4, -0.2) is 58.4 Å². The number of allylic oxidation sites excluding steroid dienone is 3. The molecule has 5 rings (SSSR count). The fourth-order valence-electron chi connectivity index (χ4n) is 3.98. The van der Waals surface area contributed by atoms with Crippen molar-refractivity contribution in [3.05, 3.63) is 53.3 Å². The third-order valence-electron chi connectivity index (χ3n) is 5.93. The molecule has 150 valence electrons. The van der Waals surface area contributed by atoms with E-state index < -0.39 is 24.5 Å². The molecule has 7 nitrogen and oxygen atoms in total. The second-order valence-electron chi connectivity index (χ2n) is 8.09. The number of ether oxygens (including phenoxy) is 1. The molecule has 1 aromatic carbocycles. The summed E-state index contributed by atoms with van der Waals surface area (Å²) < 4.78 is 5.67. The Balaban J connectivity index is 1.60. The van der Waals surface area contributed by atoms with Crippen LogP contribution in [0.2, 0.25) is 0 Å². The number of aliphatic hydroxyl groups excluding tert-OH is 2. The maximum atomic E-state index is 10.4. The summed E-state index contributed by atoms with van der Waals surface area (Å²) in [7, 11) is 0. The molecule has 1 saturated heterocycles. The van der Waals surface area contributed by atoms with Gasteiger partial charge < -0.3 is 14.9 Å². The zero-order valence-electron chi connectivity index (χ0n) is 16.6. The summed E-state index contributed by atoms with van der Waals surface area (Å²) in [5.74, 6) is 0.287. The molecule has 29 heavy (non-hydrogen) atoms. The third-order valence-corrected chi connectivity index (χ3v) is 5.93.